The van der Waals surface area contributed by atoms with E-state index in [2.05, 4.69) is 22.6 Å². The maximum Gasteiger partial charge on any atom is 0.343 e. The predicted molar refractivity (Wildman–Crippen MR) is 117 cm³/mol. The Morgan fingerprint density at radius 2 is 1.86 bits per heavy atom. The van der Waals surface area contributed by atoms with E-state index >= 15 is 0 Å². The quantitative estimate of drug-likeness (QED) is 0.453. The molecule has 1 heterocycles. The fraction of sp³-hybridized carbons (Fsp3) is 0.476. The van der Waals surface area contributed by atoms with Crippen LogP contribution in [0.25, 0.3) is 10.9 Å². The standard InChI is InChI=1S/C21H26INO5/c1-7-27-19(25)15-11-23(16-9-8-13(22)10-14(16)18(15)24)17(12(2)3)20(26)28-21(4,5)6/h8-12,17H,7H2,1-6H3. The molecule has 152 valence electrons. The van der Waals surface area contributed by atoms with Crippen LogP contribution in [0, 0.1) is 9.49 Å². The Bertz CT molecular complexity index is 956. The van der Waals surface area contributed by atoms with Gasteiger partial charge in [-0.2, -0.15) is 0 Å². The van der Waals surface area contributed by atoms with Gasteiger partial charge in [0.2, 0.25) is 5.43 Å². The number of nitrogens with zero attached hydrogens (tertiary/aromatic N) is 1. The van der Waals surface area contributed by atoms with Crippen molar-refractivity contribution >= 4 is 45.4 Å². The average molecular weight is 499 g/mol. The van der Waals surface area contributed by atoms with Crippen molar-refractivity contribution in [3.8, 4) is 0 Å². The van der Waals surface area contributed by atoms with Crippen molar-refractivity contribution in [2.45, 2.75) is 53.2 Å². The summed E-state index contributed by atoms with van der Waals surface area (Å²) in [5, 5.41) is 0.367. The number of benzene rings is 1. The van der Waals surface area contributed by atoms with Crippen LogP contribution in [-0.4, -0.2) is 28.7 Å². The van der Waals surface area contributed by atoms with Gasteiger partial charge in [0.1, 0.15) is 17.2 Å². The third-order valence-corrected chi connectivity index (χ3v) is 4.74. The highest BCUT2D eigenvalue weighted by molar-refractivity contribution is 14.1. The lowest BCUT2D eigenvalue weighted by Gasteiger charge is -2.29. The minimum atomic E-state index is -0.700. The highest BCUT2D eigenvalue weighted by atomic mass is 127. The zero-order chi connectivity index (χ0) is 21.2. The van der Waals surface area contributed by atoms with Crippen LogP contribution in [-0.2, 0) is 14.3 Å². The number of halogens is 1. The fourth-order valence-electron chi connectivity index (χ4n) is 2.98. The summed E-state index contributed by atoms with van der Waals surface area (Å²) in [6.07, 6.45) is 1.42. The second-order valence-electron chi connectivity index (χ2n) is 7.88. The van der Waals surface area contributed by atoms with Gasteiger partial charge in [-0.15, -0.1) is 0 Å². The lowest BCUT2D eigenvalue weighted by Crippen LogP contribution is -2.34. The summed E-state index contributed by atoms with van der Waals surface area (Å²) in [7, 11) is 0. The van der Waals surface area contributed by atoms with E-state index in [1.807, 2.05) is 19.9 Å². The van der Waals surface area contributed by atoms with Crippen LogP contribution in [0.4, 0.5) is 0 Å². The molecule has 0 bridgehead atoms. The zero-order valence-electron chi connectivity index (χ0n) is 17.0. The molecule has 0 saturated heterocycles. The molecular formula is C21H26INO5. The van der Waals surface area contributed by atoms with Gasteiger partial charge in [-0.05, 0) is 74.4 Å². The van der Waals surface area contributed by atoms with Crippen molar-refractivity contribution in [3.63, 3.8) is 0 Å². The Balaban J connectivity index is 2.79. The smallest absolute Gasteiger partial charge is 0.343 e. The van der Waals surface area contributed by atoms with E-state index in [0.29, 0.717) is 10.9 Å². The maximum absolute atomic E-state index is 13.0. The van der Waals surface area contributed by atoms with Gasteiger partial charge >= 0.3 is 11.9 Å². The van der Waals surface area contributed by atoms with E-state index in [0.717, 1.165) is 3.57 Å². The number of hydrogen-bond donors (Lipinski definition) is 0. The second kappa shape index (κ2) is 8.63. The molecule has 1 unspecified atom stereocenters. The van der Waals surface area contributed by atoms with E-state index in [1.165, 1.54) is 6.20 Å². The first-order chi connectivity index (χ1) is 13.0. The summed E-state index contributed by atoms with van der Waals surface area (Å²) < 4.78 is 13.2. The van der Waals surface area contributed by atoms with Crippen molar-refractivity contribution in [3.05, 3.63) is 43.8 Å². The molecule has 0 radical (unpaired) electrons. The fourth-order valence-corrected chi connectivity index (χ4v) is 3.47. The Morgan fingerprint density at radius 1 is 1.21 bits per heavy atom. The predicted octanol–water partition coefficient (Wildman–Crippen LogP) is 4.32. The molecule has 2 aromatic rings. The first-order valence-electron chi connectivity index (χ1n) is 9.20. The van der Waals surface area contributed by atoms with Crippen LogP contribution < -0.4 is 5.43 Å². The van der Waals surface area contributed by atoms with Gasteiger partial charge in [0, 0.05) is 15.2 Å². The minimum Gasteiger partial charge on any atom is -0.462 e. The summed E-state index contributed by atoms with van der Waals surface area (Å²) in [6.45, 7) is 11.0. The molecule has 0 amide bonds. The molecule has 6 nitrogen and oxygen atoms in total. The van der Waals surface area contributed by atoms with Crippen LogP contribution in [0.3, 0.4) is 0 Å². The van der Waals surface area contributed by atoms with E-state index in [-0.39, 0.29) is 18.1 Å². The van der Waals surface area contributed by atoms with Crippen LogP contribution in [0.2, 0.25) is 0 Å². The number of rotatable bonds is 5. The first-order valence-corrected chi connectivity index (χ1v) is 10.3. The largest absolute Gasteiger partial charge is 0.462 e. The van der Waals surface area contributed by atoms with E-state index in [9.17, 15) is 14.4 Å². The molecule has 0 aliphatic carbocycles. The Kier molecular flexibility index (Phi) is 6.90. The van der Waals surface area contributed by atoms with Gasteiger partial charge in [0.15, 0.2) is 0 Å². The molecule has 1 aromatic heterocycles. The Morgan fingerprint density at radius 3 is 2.39 bits per heavy atom. The lowest BCUT2D eigenvalue weighted by molar-refractivity contribution is -0.160. The van der Waals surface area contributed by atoms with Gasteiger partial charge in [-0.1, -0.05) is 13.8 Å². The molecule has 0 spiro atoms. The normalized spacial score (nSPS) is 12.9. The molecule has 0 N–H and O–H groups in total. The topological polar surface area (TPSA) is 74.6 Å². The Labute approximate surface area is 178 Å². The molecule has 7 heteroatoms. The number of esters is 2. The van der Waals surface area contributed by atoms with Crippen LogP contribution >= 0.6 is 22.6 Å². The van der Waals surface area contributed by atoms with Crippen molar-refractivity contribution < 1.29 is 19.1 Å². The first kappa shape index (κ1) is 22.4. The number of carbonyl (C=O) groups is 2. The molecule has 0 saturated carbocycles. The second-order valence-corrected chi connectivity index (χ2v) is 9.13. The molecule has 1 aromatic carbocycles. The number of fused-ring (bicyclic) bond motifs is 1. The number of hydrogen-bond acceptors (Lipinski definition) is 5. The molecule has 2 rings (SSSR count). The summed E-state index contributed by atoms with van der Waals surface area (Å²) in [5.41, 5.74) is -0.582. The maximum atomic E-state index is 13.0. The molecule has 28 heavy (non-hydrogen) atoms. The summed E-state index contributed by atoms with van der Waals surface area (Å²) >= 11 is 2.11. The van der Waals surface area contributed by atoms with Gasteiger partial charge in [-0.25, -0.2) is 9.59 Å². The van der Waals surface area contributed by atoms with E-state index in [4.69, 9.17) is 9.47 Å². The highest BCUT2D eigenvalue weighted by Crippen LogP contribution is 2.27. The average Bonchev–Trinajstić information content (AvgIpc) is 2.55. The summed E-state index contributed by atoms with van der Waals surface area (Å²) in [6, 6.07) is 4.66. The molecule has 0 aliphatic rings. The van der Waals surface area contributed by atoms with Crippen LogP contribution in [0.5, 0.6) is 0 Å². The van der Waals surface area contributed by atoms with Crippen LogP contribution in [0.1, 0.15) is 57.9 Å². The zero-order valence-corrected chi connectivity index (χ0v) is 19.2. The number of aromatic nitrogens is 1. The molecule has 0 fully saturated rings. The molecule has 1 atom stereocenters. The third-order valence-electron chi connectivity index (χ3n) is 4.07. The Hall–Kier alpha value is -1.90. The number of pyridine rings is 1. The van der Waals surface area contributed by atoms with E-state index in [1.54, 1.807) is 44.4 Å². The van der Waals surface area contributed by atoms with E-state index < -0.39 is 29.0 Å². The molecular weight excluding hydrogens is 473 g/mol. The van der Waals surface area contributed by atoms with Gasteiger partial charge in [0.25, 0.3) is 0 Å². The molecule has 0 aliphatic heterocycles. The summed E-state index contributed by atoms with van der Waals surface area (Å²) in [5.74, 6) is -1.25. The van der Waals surface area contributed by atoms with Gasteiger partial charge in [0.05, 0.1) is 12.1 Å². The number of carbonyl (C=O) groups excluding carboxylic acids is 2. The van der Waals surface area contributed by atoms with Crippen molar-refractivity contribution in [1.29, 1.82) is 0 Å². The SMILES string of the molecule is CCOC(=O)c1cn(C(C(=O)OC(C)(C)C)C(C)C)c2ccc(I)cc2c1=O. The summed E-state index contributed by atoms with van der Waals surface area (Å²) in [4.78, 5) is 38.3. The van der Waals surface area contributed by atoms with Crippen molar-refractivity contribution in [1.82, 2.24) is 4.57 Å². The minimum absolute atomic E-state index is 0.0921. The van der Waals surface area contributed by atoms with Crippen LogP contribution in [0.15, 0.2) is 29.2 Å². The highest BCUT2D eigenvalue weighted by Gasteiger charge is 2.31. The van der Waals surface area contributed by atoms with Gasteiger partial charge in [-0.3, -0.25) is 4.79 Å². The third kappa shape index (κ3) is 4.92. The van der Waals surface area contributed by atoms with Crippen molar-refractivity contribution in [2.24, 2.45) is 5.92 Å². The van der Waals surface area contributed by atoms with Gasteiger partial charge < -0.3 is 14.0 Å². The lowest BCUT2D eigenvalue weighted by atomic mass is 10.0. The number of ether oxygens (including phenoxy) is 2. The monoisotopic (exact) mass is 499 g/mol. The van der Waals surface area contributed by atoms with Crippen molar-refractivity contribution in [2.75, 3.05) is 6.61 Å².